The Kier molecular flexibility index (Phi) is 8.07. The van der Waals surface area contributed by atoms with Crippen molar-refractivity contribution in [2.75, 3.05) is 39.0 Å². The van der Waals surface area contributed by atoms with Crippen LogP contribution in [0.3, 0.4) is 0 Å². The minimum absolute atomic E-state index is 0.112. The van der Waals surface area contributed by atoms with E-state index in [-0.39, 0.29) is 36.3 Å². The Labute approximate surface area is 188 Å². The summed E-state index contributed by atoms with van der Waals surface area (Å²) in [6.07, 6.45) is 5.70. The van der Waals surface area contributed by atoms with Crippen molar-refractivity contribution in [2.24, 2.45) is 5.92 Å². The van der Waals surface area contributed by atoms with Crippen molar-refractivity contribution in [3.05, 3.63) is 33.7 Å². The number of nitrogens with zero attached hydrogens (tertiary/aromatic N) is 3. The first-order chi connectivity index (χ1) is 15.2. The first-order valence-electron chi connectivity index (χ1n) is 11.0. The molecule has 0 saturated carbocycles. The lowest BCUT2D eigenvalue weighted by atomic mass is 9.83. The van der Waals surface area contributed by atoms with Crippen LogP contribution >= 0.6 is 0 Å². The van der Waals surface area contributed by atoms with E-state index >= 15 is 0 Å². The van der Waals surface area contributed by atoms with Crippen molar-refractivity contribution in [3.63, 3.8) is 0 Å². The maximum absolute atomic E-state index is 13.1. The van der Waals surface area contributed by atoms with Gasteiger partial charge in [0.1, 0.15) is 0 Å². The standard InChI is InChI=1S/C20H30N4O4S.CH2O2/c1-29(27,28)21-10-19(25)23-11-15-9-17(14-23)18-6-5-16(20(26)24(18)12-15)13-22-7-3-2-4-8-22;2-1-3/h5-6,15,17,21H,2-4,7-14H2,1H3;1H,(H,2,3)/t15-,17+;/m0./s1. The van der Waals surface area contributed by atoms with Crippen LogP contribution in [0.2, 0.25) is 0 Å². The molecule has 32 heavy (non-hydrogen) atoms. The highest BCUT2D eigenvalue weighted by Crippen LogP contribution is 2.35. The van der Waals surface area contributed by atoms with Crippen LogP contribution in [0.1, 0.15) is 42.9 Å². The maximum atomic E-state index is 13.1. The van der Waals surface area contributed by atoms with Gasteiger partial charge in [-0.2, -0.15) is 0 Å². The molecule has 4 heterocycles. The summed E-state index contributed by atoms with van der Waals surface area (Å²) in [7, 11) is -3.39. The SMILES string of the molecule is CS(=O)(=O)NCC(=O)N1C[C@@H]2C[C@H](C1)c1ccc(CN3CCCCC3)c(=O)n1C2.O=CO. The summed E-state index contributed by atoms with van der Waals surface area (Å²) in [5.74, 6) is 0.149. The summed E-state index contributed by atoms with van der Waals surface area (Å²) >= 11 is 0. The van der Waals surface area contributed by atoms with Crippen LogP contribution in [0.5, 0.6) is 0 Å². The van der Waals surface area contributed by atoms with Gasteiger partial charge in [0.05, 0.1) is 12.8 Å². The van der Waals surface area contributed by atoms with Gasteiger partial charge in [-0.3, -0.25) is 19.3 Å². The van der Waals surface area contributed by atoms with Crippen LogP contribution in [-0.2, 0) is 32.7 Å². The summed E-state index contributed by atoms with van der Waals surface area (Å²) in [5.41, 5.74) is 1.98. The van der Waals surface area contributed by atoms with Crippen molar-refractivity contribution in [1.82, 2.24) is 19.1 Å². The molecule has 10 nitrogen and oxygen atoms in total. The van der Waals surface area contributed by atoms with Gasteiger partial charge in [-0.15, -0.1) is 0 Å². The first kappa shape index (κ1) is 24.4. The molecule has 1 aromatic heterocycles. The molecule has 1 aromatic rings. The maximum Gasteiger partial charge on any atom is 0.290 e. The number of aromatic nitrogens is 1. The lowest BCUT2D eigenvalue weighted by molar-refractivity contribution is -0.132. The molecule has 3 aliphatic heterocycles. The third-order valence-corrected chi connectivity index (χ3v) is 7.03. The van der Waals surface area contributed by atoms with E-state index in [1.54, 1.807) is 4.90 Å². The van der Waals surface area contributed by atoms with E-state index in [0.717, 1.165) is 43.6 Å². The Morgan fingerprint density at radius 1 is 1.19 bits per heavy atom. The second kappa shape index (κ2) is 10.6. The molecule has 0 aromatic carbocycles. The second-order valence-corrected chi connectivity index (χ2v) is 10.7. The van der Waals surface area contributed by atoms with Gasteiger partial charge >= 0.3 is 0 Å². The van der Waals surface area contributed by atoms with Gasteiger partial charge in [0.15, 0.2) is 0 Å². The van der Waals surface area contributed by atoms with E-state index in [4.69, 9.17) is 9.90 Å². The van der Waals surface area contributed by atoms with Crippen LogP contribution in [0.15, 0.2) is 16.9 Å². The second-order valence-electron chi connectivity index (χ2n) is 8.83. The van der Waals surface area contributed by atoms with Gasteiger partial charge in [-0.05, 0) is 44.3 Å². The highest BCUT2D eigenvalue weighted by molar-refractivity contribution is 7.88. The smallest absolute Gasteiger partial charge is 0.290 e. The van der Waals surface area contributed by atoms with Crippen LogP contribution < -0.4 is 10.3 Å². The zero-order valence-electron chi connectivity index (χ0n) is 18.4. The molecule has 0 spiro atoms. The summed E-state index contributed by atoms with van der Waals surface area (Å²) in [6.45, 7) is 4.11. The van der Waals surface area contributed by atoms with Crippen LogP contribution in [0.25, 0.3) is 0 Å². The summed E-state index contributed by atoms with van der Waals surface area (Å²) < 4.78 is 26.7. The number of hydrogen-bond acceptors (Lipinski definition) is 6. The molecule has 2 saturated heterocycles. The van der Waals surface area contributed by atoms with Gasteiger partial charge in [-0.25, -0.2) is 13.1 Å². The Morgan fingerprint density at radius 3 is 2.53 bits per heavy atom. The molecule has 2 bridgehead atoms. The van der Waals surface area contributed by atoms with Crippen molar-refractivity contribution >= 4 is 22.4 Å². The largest absolute Gasteiger partial charge is 0.483 e. The average molecular weight is 469 g/mol. The first-order valence-corrected chi connectivity index (χ1v) is 12.9. The normalized spacial score (nSPS) is 23.0. The number of fused-ring (bicyclic) bond motifs is 4. The highest BCUT2D eigenvalue weighted by Gasteiger charge is 2.36. The molecule has 0 unspecified atom stereocenters. The van der Waals surface area contributed by atoms with E-state index in [2.05, 4.69) is 15.7 Å². The van der Waals surface area contributed by atoms with Gasteiger partial charge < -0.3 is 14.6 Å². The fourth-order valence-electron chi connectivity index (χ4n) is 4.98. The number of pyridine rings is 1. The number of hydrogen-bond donors (Lipinski definition) is 2. The average Bonchev–Trinajstić information content (AvgIpc) is 2.75. The van der Waals surface area contributed by atoms with E-state index in [1.165, 1.54) is 19.3 Å². The van der Waals surface area contributed by atoms with Crippen LogP contribution in [0, 0.1) is 5.92 Å². The van der Waals surface area contributed by atoms with Gasteiger partial charge in [0.25, 0.3) is 12.0 Å². The zero-order chi connectivity index (χ0) is 23.3. The molecule has 2 fully saturated rings. The third-order valence-electron chi connectivity index (χ3n) is 6.36. The van der Waals surface area contributed by atoms with Crippen LogP contribution in [0.4, 0.5) is 0 Å². The fraction of sp³-hybridized carbons (Fsp3) is 0.667. The molecular weight excluding hydrogens is 436 g/mol. The lowest BCUT2D eigenvalue weighted by Crippen LogP contribution is -2.51. The Hall–Kier alpha value is -2.24. The fourth-order valence-corrected chi connectivity index (χ4v) is 5.36. The van der Waals surface area contributed by atoms with Crippen molar-refractivity contribution < 1.29 is 23.1 Å². The highest BCUT2D eigenvalue weighted by atomic mass is 32.2. The minimum atomic E-state index is -3.39. The molecule has 178 valence electrons. The molecule has 0 radical (unpaired) electrons. The predicted molar refractivity (Wildman–Crippen MR) is 119 cm³/mol. The Morgan fingerprint density at radius 2 is 1.88 bits per heavy atom. The van der Waals surface area contributed by atoms with Crippen molar-refractivity contribution in [1.29, 1.82) is 0 Å². The number of nitrogens with one attached hydrogen (secondary N) is 1. The van der Waals surface area contributed by atoms with E-state index in [9.17, 15) is 18.0 Å². The molecule has 2 N–H and O–H groups in total. The zero-order valence-corrected chi connectivity index (χ0v) is 19.2. The number of rotatable bonds is 5. The predicted octanol–water partition coefficient (Wildman–Crippen LogP) is 0.0299. The third kappa shape index (κ3) is 6.17. The molecule has 11 heteroatoms. The topological polar surface area (TPSA) is 129 Å². The lowest BCUT2D eigenvalue weighted by Gasteiger charge is -2.43. The van der Waals surface area contributed by atoms with Crippen molar-refractivity contribution in [2.45, 2.75) is 44.7 Å². The van der Waals surface area contributed by atoms with Crippen molar-refractivity contribution in [3.8, 4) is 0 Å². The molecule has 0 aliphatic carbocycles. The number of carboxylic acid groups (broad SMARTS) is 1. The number of likely N-dealkylation sites (tertiary alicyclic amines) is 2. The summed E-state index contributed by atoms with van der Waals surface area (Å²) in [4.78, 5) is 38.1. The number of carbonyl (C=O) groups excluding carboxylic acids is 1. The monoisotopic (exact) mass is 468 g/mol. The number of amides is 1. The van der Waals surface area contributed by atoms with E-state index in [1.807, 2.05) is 10.6 Å². The van der Waals surface area contributed by atoms with Gasteiger partial charge in [0, 0.05) is 43.4 Å². The van der Waals surface area contributed by atoms with Gasteiger partial charge in [0.2, 0.25) is 15.9 Å². The molecule has 2 atom stereocenters. The molecule has 1 amide bonds. The van der Waals surface area contributed by atoms with E-state index in [0.29, 0.717) is 19.6 Å². The number of carbonyl (C=O) groups is 2. The molecule has 3 aliphatic rings. The quantitative estimate of drug-likeness (QED) is 0.583. The Bertz CT molecular complexity index is 986. The molecule has 4 rings (SSSR count). The minimum Gasteiger partial charge on any atom is -0.483 e. The van der Waals surface area contributed by atoms with E-state index < -0.39 is 10.0 Å². The van der Waals surface area contributed by atoms with Crippen LogP contribution in [-0.4, -0.2) is 79.3 Å². The summed E-state index contributed by atoms with van der Waals surface area (Å²) in [5, 5.41) is 6.89. The Balaban J connectivity index is 0.000000913. The molecular formula is C21H32N4O6S. The van der Waals surface area contributed by atoms with Gasteiger partial charge in [-0.1, -0.05) is 12.5 Å². The number of sulfonamides is 1. The number of piperidine rings is 2. The summed E-state index contributed by atoms with van der Waals surface area (Å²) in [6, 6.07) is 4.03.